The number of aromatic hydroxyl groups is 1. The Balaban J connectivity index is 1.68. The molecule has 0 bridgehead atoms. The van der Waals surface area contributed by atoms with Gasteiger partial charge in [-0.3, -0.25) is 4.79 Å². The molecule has 134 valence electrons. The van der Waals surface area contributed by atoms with Crippen molar-refractivity contribution in [3.63, 3.8) is 0 Å². The maximum Gasteiger partial charge on any atom is 0.234 e. The van der Waals surface area contributed by atoms with Gasteiger partial charge in [-0.2, -0.15) is 4.68 Å². The van der Waals surface area contributed by atoms with Crippen LogP contribution in [0.25, 0.3) is 5.69 Å². The van der Waals surface area contributed by atoms with Crippen LogP contribution in [0.15, 0.2) is 41.6 Å². The first-order chi connectivity index (χ1) is 12.4. The molecule has 3 aromatic rings. The number of tetrazole rings is 1. The van der Waals surface area contributed by atoms with Gasteiger partial charge >= 0.3 is 0 Å². The van der Waals surface area contributed by atoms with Gasteiger partial charge in [0.1, 0.15) is 5.75 Å². The Kier molecular flexibility index (Phi) is 5.43. The standard InChI is InChI=1S/C17H16ClN5O2S/c1-10-7-11(2)16(14(18)8-10)19-15(25)9-26-17-20-21-22-23(17)12-3-5-13(24)6-4-12/h3-8,24H,9H2,1-2H3,(H,19,25). The number of hydrogen-bond acceptors (Lipinski definition) is 6. The zero-order chi connectivity index (χ0) is 18.7. The molecule has 0 aliphatic carbocycles. The number of benzene rings is 2. The van der Waals surface area contributed by atoms with Gasteiger partial charge in [-0.15, -0.1) is 5.10 Å². The highest BCUT2D eigenvalue weighted by Crippen LogP contribution is 2.28. The number of aromatic nitrogens is 4. The first kappa shape index (κ1) is 18.2. The molecule has 0 fully saturated rings. The minimum atomic E-state index is -0.205. The molecular weight excluding hydrogens is 374 g/mol. The Hall–Kier alpha value is -2.58. The van der Waals surface area contributed by atoms with E-state index in [0.717, 1.165) is 11.1 Å². The molecule has 1 aromatic heterocycles. The van der Waals surface area contributed by atoms with E-state index in [9.17, 15) is 9.90 Å². The van der Waals surface area contributed by atoms with E-state index in [1.54, 1.807) is 24.3 Å². The molecule has 2 N–H and O–H groups in total. The number of phenolic OH excluding ortho intramolecular Hbond substituents is 1. The van der Waals surface area contributed by atoms with Crippen LogP contribution in [0.3, 0.4) is 0 Å². The Bertz CT molecular complexity index is 920. The van der Waals surface area contributed by atoms with Crippen molar-refractivity contribution in [3.05, 3.63) is 52.5 Å². The molecule has 7 nitrogen and oxygen atoms in total. The number of hydrogen-bond donors (Lipinski definition) is 2. The van der Waals surface area contributed by atoms with Crippen molar-refractivity contribution in [3.8, 4) is 11.4 Å². The van der Waals surface area contributed by atoms with Crippen LogP contribution in [0.2, 0.25) is 5.02 Å². The molecule has 26 heavy (non-hydrogen) atoms. The van der Waals surface area contributed by atoms with Gasteiger partial charge in [0, 0.05) is 0 Å². The lowest BCUT2D eigenvalue weighted by Gasteiger charge is -2.11. The zero-order valence-electron chi connectivity index (χ0n) is 14.1. The third-order valence-corrected chi connectivity index (χ3v) is 4.78. The number of halogens is 1. The number of amides is 1. The minimum Gasteiger partial charge on any atom is -0.508 e. The number of carbonyl (C=O) groups excluding carboxylic acids is 1. The fourth-order valence-electron chi connectivity index (χ4n) is 2.40. The summed E-state index contributed by atoms with van der Waals surface area (Å²) >= 11 is 7.42. The highest BCUT2D eigenvalue weighted by atomic mass is 35.5. The third kappa shape index (κ3) is 4.14. The summed E-state index contributed by atoms with van der Waals surface area (Å²) in [7, 11) is 0. The number of phenols is 1. The molecule has 0 saturated carbocycles. The van der Waals surface area contributed by atoms with E-state index in [1.165, 1.54) is 16.4 Å². The monoisotopic (exact) mass is 389 g/mol. The SMILES string of the molecule is Cc1cc(C)c(NC(=O)CSc2nnnn2-c2ccc(O)cc2)c(Cl)c1. The van der Waals surface area contributed by atoms with Crippen LogP contribution < -0.4 is 5.32 Å². The molecular formula is C17H16ClN5O2S. The molecule has 0 saturated heterocycles. The summed E-state index contributed by atoms with van der Waals surface area (Å²) in [4.78, 5) is 12.3. The molecule has 1 heterocycles. The first-order valence-corrected chi connectivity index (χ1v) is 9.07. The van der Waals surface area contributed by atoms with E-state index in [1.807, 2.05) is 26.0 Å². The van der Waals surface area contributed by atoms with Gasteiger partial charge in [-0.1, -0.05) is 29.4 Å². The van der Waals surface area contributed by atoms with Gasteiger partial charge in [0.05, 0.1) is 22.2 Å². The van der Waals surface area contributed by atoms with Crippen molar-refractivity contribution in [2.45, 2.75) is 19.0 Å². The predicted molar refractivity (Wildman–Crippen MR) is 101 cm³/mol. The van der Waals surface area contributed by atoms with Crippen LogP contribution >= 0.6 is 23.4 Å². The van der Waals surface area contributed by atoms with Gasteiger partial charge in [-0.25, -0.2) is 0 Å². The second-order valence-corrected chi connectivity index (χ2v) is 7.01. The second kappa shape index (κ2) is 7.76. The first-order valence-electron chi connectivity index (χ1n) is 7.71. The summed E-state index contributed by atoms with van der Waals surface area (Å²) in [5.41, 5.74) is 3.24. The van der Waals surface area contributed by atoms with Gasteiger partial charge in [-0.05, 0) is 65.7 Å². The Morgan fingerprint density at radius 2 is 2.00 bits per heavy atom. The van der Waals surface area contributed by atoms with E-state index in [2.05, 4.69) is 20.8 Å². The normalized spacial score (nSPS) is 10.7. The van der Waals surface area contributed by atoms with Crippen LogP contribution in [-0.4, -0.2) is 37.0 Å². The van der Waals surface area contributed by atoms with Crippen LogP contribution in [0.1, 0.15) is 11.1 Å². The molecule has 0 radical (unpaired) electrons. The number of rotatable bonds is 5. The molecule has 1 amide bonds. The number of nitrogens with one attached hydrogen (secondary N) is 1. The number of thioether (sulfide) groups is 1. The fourth-order valence-corrected chi connectivity index (χ4v) is 3.46. The Labute approximate surface area is 159 Å². The van der Waals surface area contributed by atoms with Gasteiger partial charge in [0.15, 0.2) is 0 Å². The van der Waals surface area contributed by atoms with Gasteiger partial charge < -0.3 is 10.4 Å². The smallest absolute Gasteiger partial charge is 0.234 e. The van der Waals surface area contributed by atoms with Crippen LogP contribution in [-0.2, 0) is 4.79 Å². The van der Waals surface area contributed by atoms with Crippen LogP contribution in [0, 0.1) is 13.8 Å². The summed E-state index contributed by atoms with van der Waals surface area (Å²) in [6, 6.07) is 10.2. The van der Waals surface area contributed by atoms with E-state index < -0.39 is 0 Å². The fraction of sp³-hybridized carbons (Fsp3) is 0.176. The van der Waals surface area contributed by atoms with Crippen molar-refractivity contribution >= 4 is 35.0 Å². The lowest BCUT2D eigenvalue weighted by Crippen LogP contribution is -2.16. The van der Waals surface area contributed by atoms with E-state index in [0.29, 0.717) is 21.6 Å². The minimum absolute atomic E-state index is 0.127. The summed E-state index contributed by atoms with van der Waals surface area (Å²) in [5.74, 6) is 0.0760. The number of nitrogens with zero attached hydrogens (tertiary/aromatic N) is 4. The number of aryl methyl sites for hydroxylation is 2. The zero-order valence-corrected chi connectivity index (χ0v) is 15.7. The molecule has 2 aromatic carbocycles. The summed E-state index contributed by atoms with van der Waals surface area (Å²) in [5, 5.41) is 24.7. The quantitative estimate of drug-likeness (QED) is 0.650. The molecule has 0 aliphatic heterocycles. The van der Waals surface area contributed by atoms with Crippen molar-refractivity contribution in [2.75, 3.05) is 11.1 Å². The van der Waals surface area contributed by atoms with Crippen molar-refractivity contribution < 1.29 is 9.90 Å². The number of carbonyl (C=O) groups is 1. The molecule has 0 spiro atoms. The average Bonchev–Trinajstić information content (AvgIpc) is 3.05. The molecule has 3 rings (SSSR count). The topological polar surface area (TPSA) is 92.9 Å². The summed E-state index contributed by atoms with van der Waals surface area (Å²) in [6.07, 6.45) is 0. The lowest BCUT2D eigenvalue weighted by atomic mass is 10.1. The third-order valence-electron chi connectivity index (χ3n) is 3.56. The van der Waals surface area contributed by atoms with Crippen LogP contribution in [0.5, 0.6) is 5.75 Å². The summed E-state index contributed by atoms with van der Waals surface area (Å²) < 4.78 is 1.50. The molecule has 0 aliphatic rings. The molecule has 0 atom stereocenters. The lowest BCUT2D eigenvalue weighted by molar-refractivity contribution is -0.113. The summed E-state index contributed by atoms with van der Waals surface area (Å²) in [6.45, 7) is 3.84. The van der Waals surface area contributed by atoms with Crippen molar-refractivity contribution in [2.24, 2.45) is 0 Å². The van der Waals surface area contributed by atoms with Gasteiger partial charge in [0.2, 0.25) is 11.1 Å². The van der Waals surface area contributed by atoms with Crippen molar-refractivity contribution in [1.82, 2.24) is 20.2 Å². The van der Waals surface area contributed by atoms with E-state index in [4.69, 9.17) is 11.6 Å². The Morgan fingerprint density at radius 3 is 2.69 bits per heavy atom. The van der Waals surface area contributed by atoms with E-state index >= 15 is 0 Å². The van der Waals surface area contributed by atoms with Crippen molar-refractivity contribution in [1.29, 1.82) is 0 Å². The molecule has 9 heteroatoms. The molecule has 0 unspecified atom stereocenters. The predicted octanol–water partition coefficient (Wildman–Crippen LogP) is 3.37. The maximum atomic E-state index is 12.3. The van der Waals surface area contributed by atoms with E-state index in [-0.39, 0.29) is 17.4 Å². The highest BCUT2D eigenvalue weighted by molar-refractivity contribution is 7.99. The van der Waals surface area contributed by atoms with Crippen LogP contribution in [0.4, 0.5) is 5.69 Å². The Morgan fingerprint density at radius 1 is 1.27 bits per heavy atom. The van der Waals surface area contributed by atoms with Gasteiger partial charge in [0.25, 0.3) is 0 Å². The second-order valence-electron chi connectivity index (χ2n) is 5.67. The largest absolute Gasteiger partial charge is 0.508 e. The maximum absolute atomic E-state index is 12.3. The average molecular weight is 390 g/mol. The number of anilines is 1. The highest BCUT2D eigenvalue weighted by Gasteiger charge is 2.14.